The zero-order valence-corrected chi connectivity index (χ0v) is 13.9. The summed E-state index contributed by atoms with van der Waals surface area (Å²) in [7, 11) is 1.17. The number of carbonyl (C=O) groups is 2. The number of amides is 1. The molecule has 8 nitrogen and oxygen atoms in total. The molecule has 2 aromatic heterocycles. The van der Waals surface area contributed by atoms with Crippen LogP contribution in [0.5, 0.6) is 0 Å². The van der Waals surface area contributed by atoms with Crippen molar-refractivity contribution in [2.24, 2.45) is 0 Å². The average Bonchev–Trinajstić information content (AvgIpc) is 3.18. The van der Waals surface area contributed by atoms with E-state index in [1.807, 2.05) is 0 Å². The number of ether oxygens (including phenoxy) is 1. The van der Waals surface area contributed by atoms with Crippen molar-refractivity contribution in [3.05, 3.63) is 65.6 Å². The molecule has 1 aromatic carbocycles. The van der Waals surface area contributed by atoms with E-state index in [1.165, 1.54) is 26.2 Å². The van der Waals surface area contributed by atoms with Crippen LogP contribution in [0.1, 0.15) is 26.4 Å². The maximum Gasteiger partial charge on any atom is 0.340 e. The predicted molar refractivity (Wildman–Crippen MR) is 89.6 cm³/mol. The molecule has 0 saturated heterocycles. The normalized spacial score (nSPS) is 10.4. The van der Waals surface area contributed by atoms with Gasteiger partial charge in [-0.15, -0.1) is 10.2 Å². The average molecular weight is 355 g/mol. The van der Waals surface area contributed by atoms with E-state index in [4.69, 9.17) is 0 Å². The third-order valence-electron chi connectivity index (χ3n) is 3.60. The molecule has 0 aliphatic rings. The smallest absolute Gasteiger partial charge is 0.340 e. The third-order valence-corrected chi connectivity index (χ3v) is 3.60. The molecule has 0 bridgehead atoms. The summed E-state index contributed by atoms with van der Waals surface area (Å²) in [6.45, 7) is 1.52. The van der Waals surface area contributed by atoms with Gasteiger partial charge in [0.15, 0.2) is 11.5 Å². The van der Waals surface area contributed by atoms with Crippen molar-refractivity contribution in [2.75, 3.05) is 12.4 Å². The number of rotatable bonds is 4. The topological polar surface area (TPSA) is 99.0 Å². The van der Waals surface area contributed by atoms with Crippen molar-refractivity contribution in [1.29, 1.82) is 0 Å². The second-order valence-electron chi connectivity index (χ2n) is 5.34. The van der Waals surface area contributed by atoms with Gasteiger partial charge in [-0.05, 0) is 36.8 Å². The van der Waals surface area contributed by atoms with Crippen molar-refractivity contribution in [3.8, 4) is 5.82 Å². The molecule has 0 radical (unpaired) electrons. The van der Waals surface area contributed by atoms with Gasteiger partial charge in [-0.25, -0.2) is 14.2 Å². The van der Waals surface area contributed by atoms with Crippen LogP contribution in [0.3, 0.4) is 0 Å². The van der Waals surface area contributed by atoms with Gasteiger partial charge in [-0.2, -0.15) is 0 Å². The Balaban J connectivity index is 1.86. The first-order valence-electron chi connectivity index (χ1n) is 7.51. The lowest BCUT2D eigenvalue weighted by molar-refractivity contribution is 0.0601. The number of esters is 1. The van der Waals surface area contributed by atoms with E-state index in [9.17, 15) is 14.0 Å². The molecule has 3 aromatic rings. The summed E-state index contributed by atoms with van der Waals surface area (Å²) in [6, 6.07) is 5.45. The fraction of sp³-hybridized carbons (Fsp3) is 0.118. The first kappa shape index (κ1) is 17.2. The van der Waals surface area contributed by atoms with Gasteiger partial charge in [0.05, 0.1) is 18.4 Å². The highest BCUT2D eigenvalue weighted by Crippen LogP contribution is 2.22. The van der Waals surface area contributed by atoms with E-state index in [2.05, 4.69) is 25.2 Å². The van der Waals surface area contributed by atoms with Crippen LogP contribution >= 0.6 is 0 Å². The van der Waals surface area contributed by atoms with Crippen molar-refractivity contribution in [3.63, 3.8) is 0 Å². The second-order valence-corrected chi connectivity index (χ2v) is 5.34. The second kappa shape index (κ2) is 7.09. The summed E-state index contributed by atoms with van der Waals surface area (Å²) >= 11 is 0. The highest BCUT2D eigenvalue weighted by atomic mass is 19.1. The van der Waals surface area contributed by atoms with Gasteiger partial charge in [0.2, 0.25) is 0 Å². The van der Waals surface area contributed by atoms with Crippen LogP contribution in [0.4, 0.5) is 10.1 Å². The number of hydrogen-bond donors (Lipinski definition) is 1. The van der Waals surface area contributed by atoms with Gasteiger partial charge >= 0.3 is 5.97 Å². The molecule has 2 heterocycles. The molecular formula is C17H14FN5O3. The zero-order valence-electron chi connectivity index (χ0n) is 13.9. The van der Waals surface area contributed by atoms with Crippen LogP contribution < -0.4 is 5.32 Å². The summed E-state index contributed by atoms with van der Waals surface area (Å²) in [4.78, 5) is 28.1. The van der Waals surface area contributed by atoms with E-state index in [0.29, 0.717) is 5.82 Å². The number of carbonyl (C=O) groups excluding carboxylic acids is 2. The minimum atomic E-state index is -0.763. The third kappa shape index (κ3) is 3.41. The molecule has 0 spiro atoms. The van der Waals surface area contributed by atoms with Gasteiger partial charge < -0.3 is 10.1 Å². The summed E-state index contributed by atoms with van der Waals surface area (Å²) in [5.74, 6) is -1.44. The predicted octanol–water partition coefficient (Wildman–Crippen LogP) is 2.15. The molecule has 0 atom stereocenters. The fourth-order valence-corrected chi connectivity index (χ4v) is 2.23. The molecule has 0 unspecified atom stereocenters. The van der Waals surface area contributed by atoms with Gasteiger partial charge in [0.1, 0.15) is 12.1 Å². The SMILES string of the molecule is COC(=O)c1cc(F)c(C)cc1NC(=O)c1ccc(-n2ccnc2)nn1. The summed E-state index contributed by atoms with van der Waals surface area (Å²) < 4.78 is 20.0. The van der Waals surface area contributed by atoms with E-state index in [0.717, 1.165) is 6.07 Å². The lowest BCUT2D eigenvalue weighted by Gasteiger charge is -2.11. The molecule has 132 valence electrons. The Bertz CT molecular complexity index is 955. The number of benzene rings is 1. The quantitative estimate of drug-likeness (QED) is 0.720. The van der Waals surface area contributed by atoms with Gasteiger partial charge in [-0.1, -0.05) is 0 Å². The Morgan fingerprint density at radius 2 is 2.04 bits per heavy atom. The minimum absolute atomic E-state index is 0.0339. The van der Waals surface area contributed by atoms with Gasteiger partial charge in [-0.3, -0.25) is 9.36 Å². The lowest BCUT2D eigenvalue weighted by Crippen LogP contribution is -2.18. The Morgan fingerprint density at radius 3 is 2.65 bits per heavy atom. The molecule has 1 amide bonds. The molecular weight excluding hydrogens is 341 g/mol. The van der Waals surface area contributed by atoms with Crippen LogP contribution in [0, 0.1) is 12.7 Å². The minimum Gasteiger partial charge on any atom is -0.465 e. The number of halogens is 1. The molecule has 1 N–H and O–H groups in total. The Kier molecular flexibility index (Phi) is 4.70. The summed E-state index contributed by atoms with van der Waals surface area (Å²) in [5.41, 5.74) is 0.342. The maximum absolute atomic E-state index is 13.7. The summed E-state index contributed by atoms with van der Waals surface area (Å²) in [6.07, 6.45) is 4.83. The molecule has 0 aliphatic carbocycles. The highest BCUT2D eigenvalue weighted by Gasteiger charge is 2.18. The van der Waals surface area contributed by atoms with E-state index >= 15 is 0 Å². The van der Waals surface area contributed by atoms with Crippen LogP contribution in [-0.2, 0) is 4.74 Å². The monoisotopic (exact) mass is 355 g/mol. The van der Waals surface area contributed by atoms with Crippen molar-refractivity contribution in [1.82, 2.24) is 19.7 Å². The Morgan fingerprint density at radius 1 is 1.23 bits per heavy atom. The van der Waals surface area contributed by atoms with Crippen molar-refractivity contribution >= 4 is 17.6 Å². The molecule has 9 heteroatoms. The number of imidazole rings is 1. The largest absolute Gasteiger partial charge is 0.465 e. The van der Waals surface area contributed by atoms with E-state index < -0.39 is 17.7 Å². The number of nitrogens with one attached hydrogen (secondary N) is 1. The molecule has 0 aliphatic heterocycles. The van der Waals surface area contributed by atoms with Gasteiger partial charge in [0.25, 0.3) is 5.91 Å². The first-order chi connectivity index (χ1) is 12.5. The van der Waals surface area contributed by atoms with Crippen LogP contribution in [0.25, 0.3) is 5.82 Å². The Labute approximate surface area is 147 Å². The summed E-state index contributed by atoms with van der Waals surface area (Å²) in [5, 5.41) is 10.4. The standard InChI is InChI=1S/C17H14FN5O3/c1-10-7-14(11(8-12(10)18)17(25)26-2)20-16(24)13-3-4-15(22-21-13)23-6-5-19-9-23/h3-9H,1-2H3,(H,20,24). The first-order valence-corrected chi connectivity index (χ1v) is 7.51. The van der Waals surface area contributed by atoms with Crippen molar-refractivity contribution < 1.29 is 18.7 Å². The van der Waals surface area contributed by atoms with Crippen LogP contribution in [0.15, 0.2) is 43.0 Å². The van der Waals surface area contributed by atoms with Crippen LogP contribution in [-0.4, -0.2) is 38.7 Å². The molecule has 0 saturated carbocycles. The number of hydrogen-bond acceptors (Lipinski definition) is 6. The number of anilines is 1. The molecule has 0 fully saturated rings. The highest BCUT2D eigenvalue weighted by molar-refractivity contribution is 6.07. The van der Waals surface area contributed by atoms with E-state index in [-0.39, 0.29) is 22.5 Å². The van der Waals surface area contributed by atoms with Crippen molar-refractivity contribution in [2.45, 2.75) is 6.92 Å². The number of aryl methyl sites for hydroxylation is 1. The Hall–Kier alpha value is -3.62. The lowest BCUT2D eigenvalue weighted by atomic mass is 10.1. The van der Waals surface area contributed by atoms with Crippen LogP contribution in [0.2, 0.25) is 0 Å². The fourth-order valence-electron chi connectivity index (χ4n) is 2.23. The van der Waals surface area contributed by atoms with Gasteiger partial charge in [0, 0.05) is 12.4 Å². The molecule has 26 heavy (non-hydrogen) atoms. The maximum atomic E-state index is 13.7. The number of aromatic nitrogens is 4. The van der Waals surface area contributed by atoms with E-state index in [1.54, 1.807) is 29.4 Å². The molecule has 3 rings (SSSR count). The number of methoxy groups -OCH3 is 1. The zero-order chi connectivity index (χ0) is 18.7. The number of nitrogens with zero attached hydrogens (tertiary/aromatic N) is 4.